The lowest BCUT2D eigenvalue weighted by Crippen LogP contribution is -2.53. The lowest BCUT2D eigenvalue weighted by atomic mass is 10.1. The Hall–Kier alpha value is -1.95. The van der Waals surface area contributed by atoms with E-state index in [1.807, 2.05) is 6.92 Å². The van der Waals surface area contributed by atoms with Crippen molar-refractivity contribution in [2.24, 2.45) is 5.92 Å². The molecule has 1 aromatic carbocycles. The summed E-state index contributed by atoms with van der Waals surface area (Å²) in [7, 11) is 0. The van der Waals surface area contributed by atoms with E-state index in [0.717, 1.165) is 10.6 Å². The van der Waals surface area contributed by atoms with Gasteiger partial charge in [0.25, 0.3) is 0 Å². The molecule has 1 aliphatic heterocycles. The third-order valence-electron chi connectivity index (χ3n) is 3.21. The molecule has 20 heavy (non-hydrogen) atoms. The summed E-state index contributed by atoms with van der Waals surface area (Å²) in [6.45, 7) is 3.84. The highest BCUT2D eigenvalue weighted by molar-refractivity contribution is 5.97. The number of hydroxylamine groups is 2. The van der Waals surface area contributed by atoms with Crippen LogP contribution >= 0.6 is 0 Å². The van der Waals surface area contributed by atoms with Gasteiger partial charge in [0.2, 0.25) is 5.91 Å². The second-order valence-corrected chi connectivity index (χ2v) is 4.81. The van der Waals surface area contributed by atoms with Gasteiger partial charge in [0.05, 0.1) is 12.5 Å². The van der Waals surface area contributed by atoms with E-state index < -0.39 is 6.03 Å². The Balaban J connectivity index is 2.08. The minimum Gasteiger partial charge on any atom is -0.276 e. The smallest absolute Gasteiger partial charge is 0.276 e. The van der Waals surface area contributed by atoms with E-state index in [-0.39, 0.29) is 30.3 Å². The van der Waals surface area contributed by atoms with Gasteiger partial charge in [-0.15, -0.1) is 0 Å². The molecule has 0 bridgehead atoms. The maximum Gasteiger partial charge on any atom is 0.348 e. The first-order chi connectivity index (χ1) is 9.51. The van der Waals surface area contributed by atoms with Crippen molar-refractivity contribution in [2.75, 3.05) is 6.54 Å². The highest BCUT2D eigenvalue weighted by Crippen LogP contribution is 2.24. The van der Waals surface area contributed by atoms with E-state index in [1.165, 1.54) is 12.1 Å². The molecule has 0 aliphatic carbocycles. The minimum atomic E-state index is -0.561. The van der Waals surface area contributed by atoms with Crippen molar-refractivity contribution in [1.29, 1.82) is 0 Å². The summed E-state index contributed by atoms with van der Waals surface area (Å²) in [6, 6.07) is 5.39. The van der Waals surface area contributed by atoms with Crippen molar-refractivity contribution in [3.63, 3.8) is 0 Å². The lowest BCUT2D eigenvalue weighted by Gasteiger charge is -2.32. The maximum absolute atomic E-state index is 12.9. The molecule has 1 fully saturated rings. The Bertz CT molecular complexity index is 504. The molecule has 1 aromatic rings. The normalized spacial score (nSPS) is 20.8. The van der Waals surface area contributed by atoms with Gasteiger partial charge < -0.3 is 0 Å². The van der Waals surface area contributed by atoms with Gasteiger partial charge in [0.1, 0.15) is 11.9 Å². The zero-order chi connectivity index (χ0) is 14.7. The average molecular weight is 280 g/mol. The summed E-state index contributed by atoms with van der Waals surface area (Å²) in [5.74, 6) is -0.943. The minimum absolute atomic E-state index is 0.211. The number of nitrogens with one attached hydrogen (secondary N) is 1. The van der Waals surface area contributed by atoms with E-state index >= 15 is 0 Å². The predicted octanol–water partition coefficient (Wildman–Crippen LogP) is 2.40. The van der Waals surface area contributed by atoms with Crippen LogP contribution < -0.4 is 5.32 Å². The number of carbonyl (C=O) groups excluding carboxylic acids is 2. The van der Waals surface area contributed by atoms with Crippen LogP contribution in [0.3, 0.4) is 0 Å². The van der Waals surface area contributed by atoms with Crippen LogP contribution in [0.4, 0.5) is 9.18 Å². The molecule has 0 saturated carbocycles. The van der Waals surface area contributed by atoms with E-state index in [4.69, 9.17) is 4.84 Å². The number of hydrogen-bond acceptors (Lipinski definition) is 3. The fourth-order valence-electron chi connectivity index (χ4n) is 2.00. The number of hydrogen-bond donors (Lipinski definition) is 1. The number of imide groups is 1. The number of urea groups is 1. The highest BCUT2D eigenvalue weighted by atomic mass is 19.1. The molecule has 1 aliphatic rings. The summed E-state index contributed by atoms with van der Waals surface area (Å²) in [6.07, 6.45) is 0.263. The van der Waals surface area contributed by atoms with Crippen molar-refractivity contribution >= 4 is 11.9 Å². The van der Waals surface area contributed by atoms with Crippen LogP contribution in [0.15, 0.2) is 24.3 Å². The summed E-state index contributed by atoms with van der Waals surface area (Å²) < 4.78 is 12.9. The summed E-state index contributed by atoms with van der Waals surface area (Å²) in [4.78, 5) is 28.7. The molecule has 1 N–H and O–H groups in total. The first-order valence-corrected chi connectivity index (χ1v) is 6.56. The van der Waals surface area contributed by atoms with Crippen LogP contribution in [0.2, 0.25) is 0 Å². The Morgan fingerprint density at radius 3 is 2.65 bits per heavy atom. The van der Waals surface area contributed by atoms with Crippen molar-refractivity contribution in [1.82, 2.24) is 10.4 Å². The van der Waals surface area contributed by atoms with Gasteiger partial charge in [-0.25, -0.2) is 14.2 Å². The number of halogens is 1. The Morgan fingerprint density at radius 2 is 2.05 bits per heavy atom. The second-order valence-electron chi connectivity index (χ2n) is 4.81. The van der Waals surface area contributed by atoms with Gasteiger partial charge in [-0.05, 0) is 24.1 Å². The number of amides is 3. The summed E-state index contributed by atoms with van der Waals surface area (Å²) in [5, 5.41) is 3.39. The van der Waals surface area contributed by atoms with E-state index in [1.54, 1.807) is 19.1 Å². The zero-order valence-corrected chi connectivity index (χ0v) is 11.4. The lowest BCUT2D eigenvalue weighted by molar-refractivity contribution is -0.178. The Morgan fingerprint density at radius 1 is 1.40 bits per heavy atom. The van der Waals surface area contributed by atoms with Crippen molar-refractivity contribution in [2.45, 2.75) is 26.4 Å². The molecule has 1 heterocycles. The largest absolute Gasteiger partial charge is 0.348 e. The first kappa shape index (κ1) is 14.5. The highest BCUT2D eigenvalue weighted by Gasteiger charge is 2.31. The molecule has 108 valence electrons. The van der Waals surface area contributed by atoms with Crippen LogP contribution in [0.1, 0.15) is 31.9 Å². The fourth-order valence-corrected chi connectivity index (χ4v) is 2.00. The SMILES string of the molecule is CCC(ON1CC(C)C(=O)NC1=O)c1ccc(F)cc1. The summed E-state index contributed by atoms with van der Waals surface area (Å²) >= 11 is 0. The monoisotopic (exact) mass is 280 g/mol. The second kappa shape index (κ2) is 6.00. The molecule has 0 radical (unpaired) electrons. The molecular weight excluding hydrogens is 263 g/mol. The number of nitrogens with zero attached hydrogens (tertiary/aromatic N) is 1. The van der Waals surface area contributed by atoms with Crippen LogP contribution in [-0.2, 0) is 9.63 Å². The summed E-state index contributed by atoms with van der Waals surface area (Å²) in [5.41, 5.74) is 0.784. The topological polar surface area (TPSA) is 58.6 Å². The van der Waals surface area contributed by atoms with Crippen molar-refractivity contribution in [3.05, 3.63) is 35.6 Å². The molecule has 5 nitrogen and oxygen atoms in total. The molecule has 2 atom stereocenters. The molecule has 0 aromatic heterocycles. The Kier molecular flexibility index (Phi) is 4.34. The van der Waals surface area contributed by atoms with Crippen LogP contribution in [0, 0.1) is 11.7 Å². The van der Waals surface area contributed by atoms with Crippen LogP contribution in [0.25, 0.3) is 0 Å². The number of rotatable bonds is 4. The predicted molar refractivity (Wildman–Crippen MR) is 69.9 cm³/mol. The van der Waals surface area contributed by atoms with Gasteiger partial charge in [0.15, 0.2) is 0 Å². The average Bonchev–Trinajstić information content (AvgIpc) is 2.42. The van der Waals surface area contributed by atoms with Crippen molar-refractivity contribution < 1.29 is 18.8 Å². The van der Waals surface area contributed by atoms with E-state index in [9.17, 15) is 14.0 Å². The number of carbonyl (C=O) groups is 2. The maximum atomic E-state index is 12.9. The first-order valence-electron chi connectivity index (χ1n) is 6.56. The number of benzene rings is 1. The van der Waals surface area contributed by atoms with Gasteiger partial charge in [-0.1, -0.05) is 26.0 Å². The molecule has 2 rings (SSSR count). The fraction of sp³-hybridized carbons (Fsp3) is 0.429. The van der Waals surface area contributed by atoms with Gasteiger partial charge in [0, 0.05) is 0 Å². The van der Waals surface area contributed by atoms with Crippen LogP contribution in [0.5, 0.6) is 0 Å². The zero-order valence-electron chi connectivity index (χ0n) is 11.4. The molecule has 2 unspecified atom stereocenters. The standard InChI is InChI=1S/C14H17FN2O3/c1-3-12(10-4-6-11(15)7-5-10)20-17-8-9(2)13(18)16-14(17)19/h4-7,9,12H,3,8H2,1-2H3,(H,16,18,19). The molecule has 0 spiro atoms. The molecule has 3 amide bonds. The Labute approximate surface area is 116 Å². The molecular formula is C14H17FN2O3. The van der Waals surface area contributed by atoms with E-state index in [0.29, 0.717) is 6.42 Å². The molecule has 6 heteroatoms. The molecule has 1 saturated heterocycles. The van der Waals surface area contributed by atoms with Crippen LogP contribution in [-0.4, -0.2) is 23.5 Å². The van der Waals surface area contributed by atoms with Gasteiger partial charge in [-0.3, -0.25) is 14.9 Å². The van der Waals surface area contributed by atoms with E-state index in [2.05, 4.69) is 5.32 Å². The third kappa shape index (κ3) is 3.14. The quantitative estimate of drug-likeness (QED) is 0.921. The van der Waals surface area contributed by atoms with Crippen molar-refractivity contribution in [3.8, 4) is 0 Å². The third-order valence-corrected chi connectivity index (χ3v) is 3.21. The van der Waals surface area contributed by atoms with Gasteiger partial charge >= 0.3 is 6.03 Å². The van der Waals surface area contributed by atoms with Gasteiger partial charge in [-0.2, -0.15) is 0 Å².